The normalized spacial score (nSPS) is 10.5. The molecule has 25 heavy (non-hydrogen) atoms. The summed E-state index contributed by atoms with van der Waals surface area (Å²) >= 11 is 0. The third-order valence-corrected chi connectivity index (χ3v) is 3.02. The maximum atomic E-state index is 12.8. The monoisotopic (exact) mass is 346 g/mol. The molecule has 0 aliphatic heterocycles. The summed E-state index contributed by atoms with van der Waals surface area (Å²) in [7, 11) is 1.42. The van der Waals surface area contributed by atoms with Crippen molar-refractivity contribution in [2.24, 2.45) is 5.10 Å². The van der Waals surface area contributed by atoms with Crippen molar-refractivity contribution in [2.45, 2.75) is 0 Å². The number of rotatable bonds is 7. The number of hydrogen-bond donors (Lipinski definition) is 2. The van der Waals surface area contributed by atoms with E-state index in [0.717, 1.165) is 0 Å². The Morgan fingerprint density at radius 1 is 1.20 bits per heavy atom. The summed E-state index contributed by atoms with van der Waals surface area (Å²) in [6, 6.07) is 9.77. The predicted octanol–water partition coefficient (Wildman–Crippen LogP) is 2.06. The molecule has 0 aliphatic rings. The fourth-order valence-corrected chi connectivity index (χ4v) is 1.85. The molecule has 0 aromatic heterocycles. The molecule has 0 spiro atoms. The van der Waals surface area contributed by atoms with Crippen molar-refractivity contribution in [2.75, 3.05) is 13.7 Å². The van der Waals surface area contributed by atoms with Gasteiger partial charge in [-0.1, -0.05) is 0 Å². The molecular weight excluding hydrogens is 331 g/mol. The Bertz CT molecular complexity index is 790. The maximum Gasteiger partial charge on any atom is 0.341 e. The highest BCUT2D eigenvalue weighted by Crippen LogP contribution is 2.27. The van der Waals surface area contributed by atoms with E-state index in [0.29, 0.717) is 11.3 Å². The molecule has 2 aromatic rings. The summed E-state index contributed by atoms with van der Waals surface area (Å²) in [4.78, 5) is 22.4. The van der Waals surface area contributed by atoms with Gasteiger partial charge in [0.2, 0.25) is 0 Å². The summed E-state index contributed by atoms with van der Waals surface area (Å²) in [5, 5.41) is 12.4. The van der Waals surface area contributed by atoms with Crippen molar-refractivity contribution in [3.8, 4) is 11.5 Å². The number of carboxylic acid groups (broad SMARTS) is 1. The number of benzene rings is 2. The van der Waals surface area contributed by atoms with Crippen LogP contribution in [-0.4, -0.2) is 36.9 Å². The van der Waals surface area contributed by atoms with Gasteiger partial charge in [0, 0.05) is 5.56 Å². The Hall–Kier alpha value is -3.42. The van der Waals surface area contributed by atoms with Crippen LogP contribution in [0.25, 0.3) is 0 Å². The lowest BCUT2D eigenvalue weighted by Gasteiger charge is -2.09. The number of halogens is 1. The number of carbonyl (C=O) groups excluding carboxylic acids is 1. The molecule has 8 heteroatoms. The molecule has 2 N–H and O–H groups in total. The number of ether oxygens (including phenoxy) is 2. The van der Waals surface area contributed by atoms with Crippen molar-refractivity contribution in [3.63, 3.8) is 0 Å². The van der Waals surface area contributed by atoms with Gasteiger partial charge >= 0.3 is 5.97 Å². The molecule has 0 radical (unpaired) electrons. The average molecular weight is 346 g/mol. The number of methoxy groups -OCH3 is 1. The molecular formula is C17H15FN2O5. The highest BCUT2D eigenvalue weighted by atomic mass is 19.1. The van der Waals surface area contributed by atoms with Gasteiger partial charge in [0.05, 0.1) is 13.3 Å². The lowest BCUT2D eigenvalue weighted by atomic mass is 10.2. The fraction of sp³-hybridized carbons (Fsp3) is 0.118. The summed E-state index contributed by atoms with van der Waals surface area (Å²) in [6.45, 7) is -0.489. The Morgan fingerprint density at radius 2 is 1.92 bits per heavy atom. The molecule has 2 rings (SSSR count). The topological polar surface area (TPSA) is 97.2 Å². The summed E-state index contributed by atoms with van der Waals surface area (Å²) in [5.41, 5.74) is 3.19. The van der Waals surface area contributed by atoms with Crippen LogP contribution in [0.1, 0.15) is 15.9 Å². The number of carbonyl (C=O) groups is 2. The number of aliphatic carboxylic acids is 1. The highest BCUT2D eigenvalue weighted by molar-refractivity contribution is 5.94. The molecule has 0 saturated carbocycles. The molecule has 0 bridgehead atoms. The minimum Gasteiger partial charge on any atom is -0.493 e. The van der Waals surface area contributed by atoms with Gasteiger partial charge < -0.3 is 14.6 Å². The Morgan fingerprint density at radius 3 is 2.56 bits per heavy atom. The van der Waals surface area contributed by atoms with Crippen molar-refractivity contribution < 1.29 is 28.6 Å². The van der Waals surface area contributed by atoms with Crippen LogP contribution in [-0.2, 0) is 4.79 Å². The fourth-order valence-electron chi connectivity index (χ4n) is 1.85. The number of amides is 1. The van der Waals surface area contributed by atoms with Crippen molar-refractivity contribution in [1.82, 2.24) is 5.43 Å². The Balaban J connectivity index is 2.01. The van der Waals surface area contributed by atoms with Crippen LogP contribution in [0, 0.1) is 5.82 Å². The van der Waals surface area contributed by atoms with Crippen LogP contribution in [0.2, 0.25) is 0 Å². The first-order chi connectivity index (χ1) is 12.0. The van der Waals surface area contributed by atoms with E-state index in [1.807, 2.05) is 0 Å². The van der Waals surface area contributed by atoms with Crippen molar-refractivity contribution in [3.05, 3.63) is 59.4 Å². The standard InChI is InChI=1S/C17H15FN2O5/c1-24-15-8-11(2-7-14(15)25-10-16(21)22)9-19-20-17(23)12-3-5-13(18)6-4-12/h2-9H,10H2,1H3,(H,20,23)(H,21,22)/b19-9-. The second-order valence-electron chi connectivity index (χ2n) is 4.80. The quantitative estimate of drug-likeness (QED) is 0.591. The van der Waals surface area contributed by atoms with Crippen LogP contribution in [0.15, 0.2) is 47.6 Å². The molecule has 2 aromatic carbocycles. The number of carboxylic acids is 1. The predicted molar refractivity (Wildman–Crippen MR) is 87.6 cm³/mol. The molecule has 0 atom stereocenters. The zero-order chi connectivity index (χ0) is 18.2. The smallest absolute Gasteiger partial charge is 0.341 e. The molecule has 0 unspecified atom stereocenters. The van der Waals surface area contributed by atoms with E-state index in [1.165, 1.54) is 43.7 Å². The molecule has 130 valence electrons. The zero-order valence-electron chi connectivity index (χ0n) is 13.2. The third kappa shape index (κ3) is 5.31. The molecule has 7 nitrogen and oxygen atoms in total. The van der Waals surface area contributed by atoms with Gasteiger partial charge in [-0.3, -0.25) is 4.79 Å². The lowest BCUT2D eigenvalue weighted by Crippen LogP contribution is -2.17. The van der Waals surface area contributed by atoms with E-state index in [1.54, 1.807) is 12.1 Å². The molecule has 1 amide bonds. The third-order valence-electron chi connectivity index (χ3n) is 3.02. The number of hydrazone groups is 1. The second-order valence-corrected chi connectivity index (χ2v) is 4.80. The number of hydrogen-bond acceptors (Lipinski definition) is 5. The van der Waals surface area contributed by atoms with Crippen LogP contribution in [0.3, 0.4) is 0 Å². The first kappa shape index (κ1) is 17.9. The van der Waals surface area contributed by atoms with Gasteiger partial charge in [-0.05, 0) is 48.0 Å². The molecule has 0 saturated heterocycles. The van der Waals surface area contributed by atoms with Gasteiger partial charge in [-0.15, -0.1) is 0 Å². The van der Waals surface area contributed by atoms with Gasteiger partial charge in [0.15, 0.2) is 18.1 Å². The second kappa shape index (κ2) is 8.44. The van der Waals surface area contributed by atoms with Gasteiger partial charge in [-0.25, -0.2) is 14.6 Å². The number of nitrogens with zero attached hydrogens (tertiary/aromatic N) is 1. The highest BCUT2D eigenvalue weighted by Gasteiger charge is 2.07. The maximum absolute atomic E-state index is 12.8. The minimum absolute atomic E-state index is 0.272. The molecule has 0 heterocycles. The SMILES string of the molecule is COc1cc(/C=N\NC(=O)c2ccc(F)cc2)ccc1OCC(=O)O. The van der Waals surface area contributed by atoms with Crippen LogP contribution >= 0.6 is 0 Å². The summed E-state index contributed by atoms with van der Waals surface area (Å²) < 4.78 is 23.0. The average Bonchev–Trinajstić information content (AvgIpc) is 2.60. The van der Waals surface area contributed by atoms with Crippen molar-refractivity contribution in [1.29, 1.82) is 0 Å². The Labute approximate surface area is 142 Å². The largest absolute Gasteiger partial charge is 0.493 e. The van der Waals surface area contributed by atoms with Crippen molar-refractivity contribution >= 4 is 18.1 Å². The number of nitrogens with one attached hydrogen (secondary N) is 1. The summed E-state index contributed by atoms with van der Waals surface area (Å²) in [5.74, 6) is -1.41. The summed E-state index contributed by atoms with van der Waals surface area (Å²) in [6.07, 6.45) is 1.38. The zero-order valence-corrected chi connectivity index (χ0v) is 13.2. The molecule has 0 aliphatic carbocycles. The van der Waals surface area contributed by atoms with Crippen LogP contribution < -0.4 is 14.9 Å². The van der Waals surface area contributed by atoms with E-state index in [9.17, 15) is 14.0 Å². The van der Waals surface area contributed by atoms with E-state index in [-0.39, 0.29) is 11.3 Å². The first-order valence-electron chi connectivity index (χ1n) is 7.11. The van der Waals surface area contributed by atoms with Gasteiger partial charge in [0.25, 0.3) is 5.91 Å². The van der Waals surface area contributed by atoms with Gasteiger partial charge in [-0.2, -0.15) is 5.10 Å². The molecule has 0 fully saturated rings. The first-order valence-corrected chi connectivity index (χ1v) is 7.11. The Kier molecular flexibility index (Phi) is 6.05. The van der Waals surface area contributed by atoms with E-state index >= 15 is 0 Å². The van der Waals surface area contributed by atoms with E-state index < -0.39 is 24.3 Å². The van der Waals surface area contributed by atoms with Crippen LogP contribution in [0.4, 0.5) is 4.39 Å². The van der Waals surface area contributed by atoms with Crippen LogP contribution in [0.5, 0.6) is 11.5 Å². The van der Waals surface area contributed by atoms with Gasteiger partial charge in [0.1, 0.15) is 5.82 Å². The minimum atomic E-state index is -1.10. The van der Waals surface area contributed by atoms with E-state index in [2.05, 4.69) is 10.5 Å². The van der Waals surface area contributed by atoms with E-state index in [4.69, 9.17) is 14.6 Å². The lowest BCUT2D eigenvalue weighted by molar-refractivity contribution is -0.139.